The summed E-state index contributed by atoms with van der Waals surface area (Å²) in [6.45, 7) is 14.4. The number of nitrogens with zero attached hydrogens (tertiary/aromatic N) is 1. The van der Waals surface area contributed by atoms with E-state index in [1.807, 2.05) is 37.8 Å². The van der Waals surface area contributed by atoms with Crippen LogP contribution in [0.1, 0.15) is 79.3 Å². The molecule has 3 unspecified atom stereocenters. The number of hydrogen-bond acceptors (Lipinski definition) is 5. The number of rotatable bonds is 2. The number of carbonyl (C=O) groups is 1. The molecule has 7 heteroatoms. The molecule has 2 aliphatic heterocycles. The summed E-state index contributed by atoms with van der Waals surface area (Å²) in [5.41, 5.74) is 0.726. The number of carbonyl (C=O) groups excluding carboxylic acids is 1. The lowest BCUT2D eigenvalue weighted by atomic mass is 9.78. The third-order valence-corrected chi connectivity index (χ3v) is 7.03. The summed E-state index contributed by atoms with van der Waals surface area (Å²) < 4.78 is 24.3. The highest BCUT2D eigenvalue weighted by atomic mass is 16.7. The van der Waals surface area contributed by atoms with Gasteiger partial charge in [0.25, 0.3) is 0 Å². The van der Waals surface area contributed by atoms with Gasteiger partial charge in [-0.15, -0.1) is 0 Å². The molecule has 1 amide bonds. The molecule has 1 aromatic rings. The number of fused-ring (bicyclic) bond motifs is 1. The first-order valence-electron chi connectivity index (χ1n) is 11.5. The van der Waals surface area contributed by atoms with Gasteiger partial charge in [0.15, 0.2) is 0 Å². The quantitative estimate of drug-likeness (QED) is 0.660. The molecule has 3 fully saturated rings. The average Bonchev–Trinajstić information content (AvgIpc) is 3.21. The van der Waals surface area contributed by atoms with Crippen LogP contribution in [0.5, 0.6) is 0 Å². The topological polar surface area (TPSA) is 57.2 Å². The van der Waals surface area contributed by atoms with E-state index >= 15 is 0 Å². The summed E-state index contributed by atoms with van der Waals surface area (Å²) in [6.07, 6.45) is 2.87. The van der Waals surface area contributed by atoms with E-state index in [1.54, 1.807) is 0 Å². The van der Waals surface area contributed by atoms with Gasteiger partial charge in [0.2, 0.25) is 0 Å². The molecule has 4 rings (SSSR count). The first-order valence-corrected chi connectivity index (χ1v) is 11.5. The molecule has 170 valence electrons. The molecule has 2 heterocycles. The van der Waals surface area contributed by atoms with Crippen molar-refractivity contribution in [3.8, 4) is 0 Å². The summed E-state index contributed by atoms with van der Waals surface area (Å²) in [6, 6.07) is 8.08. The predicted molar refractivity (Wildman–Crippen MR) is 120 cm³/mol. The average molecular weight is 429 g/mol. The van der Waals surface area contributed by atoms with Gasteiger partial charge in [-0.05, 0) is 78.8 Å². The largest absolute Gasteiger partial charge is 0.494 e. The molecule has 3 atom stereocenters. The van der Waals surface area contributed by atoms with Gasteiger partial charge in [-0.3, -0.25) is 4.90 Å². The molecule has 1 saturated carbocycles. The number of amides is 1. The summed E-state index contributed by atoms with van der Waals surface area (Å²) in [4.78, 5) is 15.1. The van der Waals surface area contributed by atoms with E-state index in [4.69, 9.17) is 18.8 Å². The number of ether oxygens (including phenoxy) is 2. The Morgan fingerprint density at radius 1 is 1.06 bits per heavy atom. The van der Waals surface area contributed by atoms with Gasteiger partial charge in [-0.1, -0.05) is 24.3 Å². The van der Waals surface area contributed by atoms with E-state index in [9.17, 15) is 4.79 Å². The summed E-state index contributed by atoms with van der Waals surface area (Å²) in [7, 11) is -0.400. The Morgan fingerprint density at radius 2 is 1.68 bits per heavy atom. The Kier molecular flexibility index (Phi) is 5.68. The van der Waals surface area contributed by atoms with Crippen LogP contribution in [0.25, 0.3) is 0 Å². The van der Waals surface area contributed by atoms with Crippen molar-refractivity contribution in [2.24, 2.45) is 0 Å². The highest BCUT2D eigenvalue weighted by Crippen LogP contribution is 2.39. The standard InChI is InChI=1S/C24H36BNO5/c1-22(2,3)29-21(27)26-18-9-8-10-20(18)28-15-19(26)16-11-13-17(14-12-16)25-30-23(4,5)24(6,7)31-25/h11-14,18-20H,8-10,15H2,1-7H3. The zero-order valence-electron chi connectivity index (χ0n) is 19.9. The molecule has 0 aromatic heterocycles. The normalized spacial score (nSPS) is 29.7. The maximum Gasteiger partial charge on any atom is 0.494 e. The van der Waals surface area contributed by atoms with Crippen molar-refractivity contribution < 1.29 is 23.6 Å². The van der Waals surface area contributed by atoms with Crippen LogP contribution in [-0.4, -0.2) is 53.7 Å². The lowest BCUT2D eigenvalue weighted by Crippen LogP contribution is -2.54. The van der Waals surface area contributed by atoms with Gasteiger partial charge in [0.05, 0.1) is 36.0 Å². The minimum Gasteiger partial charge on any atom is -0.444 e. The molecule has 0 bridgehead atoms. The fourth-order valence-electron chi connectivity index (χ4n) is 4.63. The Morgan fingerprint density at radius 3 is 2.26 bits per heavy atom. The summed E-state index contributed by atoms with van der Waals surface area (Å²) >= 11 is 0. The molecule has 31 heavy (non-hydrogen) atoms. The van der Waals surface area contributed by atoms with Crippen LogP contribution in [0.15, 0.2) is 24.3 Å². The maximum absolute atomic E-state index is 13.2. The minimum absolute atomic E-state index is 0.0661. The second-order valence-electron chi connectivity index (χ2n) is 11.0. The number of hydrogen-bond donors (Lipinski definition) is 0. The summed E-state index contributed by atoms with van der Waals surface area (Å²) in [5.74, 6) is 0. The number of benzene rings is 1. The van der Waals surface area contributed by atoms with Crippen molar-refractivity contribution in [1.29, 1.82) is 0 Å². The van der Waals surface area contributed by atoms with Crippen LogP contribution in [0.3, 0.4) is 0 Å². The van der Waals surface area contributed by atoms with Crippen LogP contribution >= 0.6 is 0 Å². The first-order chi connectivity index (χ1) is 14.4. The van der Waals surface area contributed by atoms with Crippen LogP contribution in [0, 0.1) is 0 Å². The Bertz CT molecular complexity index is 800. The van der Waals surface area contributed by atoms with Crippen molar-refractivity contribution in [2.75, 3.05) is 6.61 Å². The highest BCUT2D eigenvalue weighted by Gasteiger charge is 2.52. The molecule has 3 aliphatic rings. The molecule has 2 saturated heterocycles. The molecular formula is C24H36BNO5. The fraction of sp³-hybridized carbons (Fsp3) is 0.708. The highest BCUT2D eigenvalue weighted by molar-refractivity contribution is 6.62. The second kappa shape index (κ2) is 7.78. The molecular weight excluding hydrogens is 393 g/mol. The lowest BCUT2D eigenvalue weighted by molar-refractivity contribution is -0.0932. The van der Waals surface area contributed by atoms with Gasteiger partial charge in [-0.25, -0.2) is 4.79 Å². The Labute approximate surface area is 186 Å². The van der Waals surface area contributed by atoms with Crippen molar-refractivity contribution in [3.63, 3.8) is 0 Å². The Balaban J connectivity index is 1.56. The third kappa shape index (κ3) is 4.37. The van der Waals surface area contributed by atoms with Gasteiger partial charge in [-0.2, -0.15) is 0 Å². The molecule has 0 spiro atoms. The smallest absolute Gasteiger partial charge is 0.444 e. The van der Waals surface area contributed by atoms with Crippen molar-refractivity contribution in [3.05, 3.63) is 29.8 Å². The zero-order chi connectivity index (χ0) is 22.6. The lowest BCUT2D eigenvalue weighted by Gasteiger charge is -2.44. The van der Waals surface area contributed by atoms with Crippen molar-refractivity contribution in [1.82, 2.24) is 4.90 Å². The van der Waals surface area contributed by atoms with E-state index in [2.05, 4.69) is 39.8 Å². The van der Waals surface area contributed by atoms with Crippen molar-refractivity contribution >= 4 is 18.7 Å². The summed E-state index contributed by atoms with van der Waals surface area (Å²) in [5, 5.41) is 0. The monoisotopic (exact) mass is 429 g/mol. The Hall–Kier alpha value is -1.57. The van der Waals surface area contributed by atoms with Crippen molar-refractivity contribution in [2.45, 2.75) is 103 Å². The van der Waals surface area contributed by atoms with Crippen LogP contribution in [0.4, 0.5) is 4.79 Å². The van der Waals surface area contributed by atoms with Crippen LogP contribution in [0.2, 0.25) is 0 Å². The minimum atomic E-state index is -0.533. The predicted octanol–water partition coefficient (Wildman–Crippen LogP) is 4.22. The van der Waals surface area contributed by atoms with Crippen LogP contribution < -0.4 is 5.46 Å². The van der Waals surface area contributed by atoms with E-state index < -0.39 is 12.7 Å². The SMILES string of the molecule is CC(C)(C)OC(=O)N1C(c2ccc(B3OC(C)(C)C(C)(C)O3)cc2)COC2CCCC21. The van der Waals surface area contributed by atoms with E-state index in [-0.39, 0.29) is 35.5 Å². The zero-order valence-corrected chi connectivity index (χ0v) is 19.9. The molecule has 0 N–H and O–H groups in total. The van der Waals surface area contributed by atoms with Gasteiger partial charge < -0.3 is 18.8 Å². The maximum atomic E-state index is 13.2. The van der Waals surface area contributed by atoms with Gasteiger partial charge in [0.1, 0.15) is 5.60 Å². The first kappa shape index (κ1) is 22.6. The molecule has 6 nitrogen and oxygen atoms in total. The third-order valence-electron chi connectivity index (χ3n) is 7.03. The van der Waals surface area contributed by atoms with E-state index in [0.717, 1.165) is 30.3 Å². The molecule has 1 aromatic carbocycles. The molecule has 0 radical (unpaired) electrons. The fourth-order valence-corrected chi connectivity index (χ4v) is 4.63. The number of morpholine rings is 1. The van der Waals surface area contributed by atoms with E-state index in [1.165, 1.54) is 0 Å². The van der Waals surface area contributed by atoms with Crippen LogP contribution in [-0.2, 0) is 18.8 Å². The second-order valence-corrected chi connectivity index (χ2v) is 11.0. The van der Waals surface area contributed by atoms with Gasteiger partial charge in [0, 0.05) is 0 Å². The molecule has 1 aliphatic carbocycles. The van der Waals surface area contributed by atoms with E-state index in [0.29, 0.717) is 6.61 Å². The van der Waals surface area contributed by atoms with Gasteiger partial charge >= 0.3 is 13.2 Å².